The molecule has 0 fully saturated rings. The highest BCUT2D eigenvalue weighted by Crippen LogP contribution is 1.98. The Hall–Kier alpha value is -2.61. The van der Waals surface area contributed by atoms with Gasteiger partial charge in [0.25, 0.3) is 0 Å². The Kier molecular flexibility index (Phi) is 18.4. The van der Waals surface area contributed by atoms with Gasteiger partial charge >= 0.3 is 5.97 Å². The summed E-state index contributed by atoms with van der Waals surface area (Å²) in [4.78, 5) is 55.8. The Morgan fingerprint density at radius 2 is 1.24 bits per heavy atom. The standard InChI is InChI=1S/C20H35N3O10/c1-15(24)13-32-11-9-31-8-6-22-19(27)14-33-12-10-30-7-5-21-18(26)4-3-17(20(28)29)23-16(2)25/h17H,3-14H2,1-2H3,(H,21,26)(H,22,27)(H,23,25)(H,28,29)/t17-/m0/s1. The van der Waals surface area contributed by atoms with E-state index in [1.54, 1.807) is 0 Å². The second kappa shape index (κ2) is 20.0. The number of carbonyl (C=O) groups excluding carboxylic acids is 4. The zero-order valence-corrected chi connectivity index (χ0v) is 19.2. The predicted molar refractivity (Wildman–Crippen MR) is 114 cm³/mol. The van der Waals surface area contributed by atoms with Crippen molar-refractivity contribution < 1.29 is 48.0 Å². The van der Waals surface area contributed by atoms with Gasteiger partial charge in [-0.1, -0.05) is 0 Å². The summed E-state index contributed by atoms with van der Waals surface area (Å²) < 4.78 is 20.7. The lowest BCUT2D eigenvalue weighted by atomic mass is 10.1. The number of ketones is 1. The summed E-state index contributed by atoms with van der Waals surface area (Å²) in [6, 6.07) is -1.11. The van der Waals surface area contributed by atoms with Gasteiger partial charge in [0.2, 0.25) is 17.7 Å². The van der Waals surface area contributed by atoms with Crippen molar-refractivity contribution in [1.82, 2.24) is 16.0 Å². The van der Waals surface area contributed by atoms with Crippen LogP contribution < -0.4 is 16.0 Å². The fraction of sp³-hybridized carbons (Fsp3) is 0.750. The van der Waals surface area contributed by atoms with Crippen molar-refractivity contribution in [1.29, 1.82) is 0 Å². The maximum absolute atomic E-state index is 11.7. The summed E-state index contributed by atoms with van der Waals surface area (Å²) in [6.45, 7) is 4.74. The highest BCUT2D eigenvalue weighted by Gasteiger charge is 2.19. The summed E-state index contributed by atoms with van der Waals surface area (Å²) >= 11 is 0. The maximum atomic E-state index is 11.7. The third kappa shape index (κ3) is 21.0. The van der Waals surface area contributed by atoms with E-state index in [1.807, 2.05) is 0 Å². The number of amides is 3. The molecule has 0 aromatic rings. The molecule has 0 rings (SSSR count). The number of carboxylic acids is 1. The van der Waals surface area contributed by atoms with Gasteiger partial charge in [0.05, 0.1) is 39.6 Å². The topological polar surface area (TPSA) is 179 Å². The van der Waals surface area contributed by atoms with Crippen LogP contribution in [0.25, 0.3) is 0 Å². The van der Waals surface area contributed by atoms with Crippen LogP contribution in [0.4, 0.5) is 0 Å². The molecule has 0 saturated carbocycles. The molecule has 4 N–H and O–H groups in total. The molecule has 3 amide bonds. The number of rotatable bonds is 21. The van der Waals surface area contributed by atoms with E-state index in [9.17, 15) is 24.0 Å². The minimum atomic E-state index is -1.20. The number of hydrogen-bond donors (Lipinski definition) is 4. The van der Waals surface area contributed by atoms with Crippen LogP contribution >= 0.6 is 0 Å². The van der Waals surface area contributed by atoms with Gasteiger partial charge in [-0.3, -0.25) is 19.2 Å². The summed E-state index contributed by atoms with van der Waals surface area (Å²) in [5.41, 5.74) is 0. The van der Waals surface area contributed by atoms with Gasteiger partial charge in [-0.15, -0.1) is 0 Å². The highest BCUT2D eigenvalue weighted by molar-refractivity contribution is 5.83. The van der Waals surface area contributed by atoms with Crippen molar-refractivity contribution in [2.75, 3.05) is 65.9 Å². The van der Waals surface area contributed by atoms with E-state index in [1.165, 1.54) is 13.8 Å². The van der Waals surface area contributed by atoms with Crippen LogP contribution in [0.1, 0.15) is 26.7 Å². The van der Waals surface area contributed by atoms with Crippen molar-refractivity contribution in [3.05, 3.63) is 0 Å². The van der Waals surface area contributed by atoms with Gasteiger partial charge in [-0.05, 0) is 13.3 Å². The predicted octanol–water partition coefficient (Wildman–Crippen LogP) is -1.76. The molecule has 190 valence electrons. The third-order valence-electron chi connectivity index (χ3n) is 3.76. The number of hydrogen-bond acceptors (Lipinski definition) is 9. The lowest BCUT2D eigenvalue weighted by Crippen LogP contribution is -2.40. The van der Waals surface area contributed by atoms with E-state index >= 15 is 0 Å². The van der Waals surface area contributed by atoms with Crippen molar-refractivity contribution in [3.63, 3.8) is 0 Å². The molecule has 0 heterocycles. The molecule has 13 nitrogen and oxygen atoms in total. The fourth-order valence-electron chi connectivity index (χ4n) is 2.26. The van der Waals surface area contributed by atoms with Gasteiger partial charge in [0.1, 0.15) is 19.3 Å². The number of aliphatic carboxylic acids is 1. The molecule has 0 aliphatic carbocycles. The average Bonchev–Trinajstić information content (AvgIpc) is 2.74. The molecule has 0 saturated heterocycles. The van der Waals surface area contributed by atoms with E-state index in [0.717, 1.165) is 0 Å². The average molecular weight is 478 g/mol. The second-order valence-electron chi connectivity index (χ2n) is 6.86. The summed E-state index contributed by atoms with van der Waals surface area (Å²) in [5, 5.41) is 16.4. The van der Waals surface area contributed by atoms with Gasteiger partial charge in [0, 0.05) is 26.4 Å². The van der Waals surface area contributed by atoms with Crippen LogP contribution in [0.3, 0.4) is 0 Å². The van der Waals surface area contributed by atoms with Gasteiger partial charge in [-0.25, -0.2) is 4.79 Å². The Balaban J connectivity index is 3.51. The summed E-state index contributed by atoms with van der Waals surface area (Å²) in [6.07, 6.45) is -0.0622. The minimum Gasteiger partial charge on any atom is -0.480 e. The minimum absolute atomic E-state index is 0.0147. The molecule has 0 spiro atoms. The first-order valence-corrected chi connectivity index (χ1v) is 10.6. The molecule has 0 aliphatic rings. The Morgan fingerprint density at radius 3 is 1.76 bits per heavy atom. The number of ether oxygens (including phenoxy) is 4. The molecule has 0 unspecified atom stereocenters. The monoisotopic (exact) mass is 477 g/mol. The Labute approximate surface area is 192 Å². The molecule has 0 aromatic carbocycles. The van der Waals surface area contributed by atoms with E-state index in [0.29, 0.717) is 26.4 Å². The van der Waals surface area contributed by atoms with Gasteiger partial charge < -0.3 is 40.0 Å². The smallest absolute Gasteiger partial charge is 0.326 e. The molecule has 0 bridgehead atoms. The molecular formula is C20H35N3O10. The van der Waals surface area contributed by atoms with Crippen LogP contribution in [0.2, 0.25) is 0 Å². The zero-order chi connectivity index (χ0) is 24.9. The summed E-state index contributed by atoms with van der Waals surface area (Å²) in [7, 11) is 0. The Bertz CT molecular complexity index is 615. The Morgan fingerprint density at radius 1 is 0.727 bits per heavy atom. The quantitative estimate of drug-likeness (QED) is 0.138. The van der Waals surface area contributed by atoms with Crippen LogP contribution in [0, 0.1) is 0 Å². The van der Waals surface area contributed by atoms with Crippen molar-refractivity contribution in [3.8, 4) is 0 Å². The van der Waals surface area contributed by atoms with Crippen LogP contribution in [-0.4, -0.2) is 107 Å². The largest absolute Gasteiger partial charge is 0.480 e. The van der Waals surface area contributed by atoms with Crippen LogP contribution in [0.15, 0.2) is 0 Å². The van der Waals surface area contributed by atoms with Crippen molar-refractivity contribution in [2.45, 2.75) is 32.7 Å². The number of carbonyl (C=O) groups is 5. The molecule has 0 aromatic heterocycles. The molecule has 0 aliphatic heterocycles. The van der Waals surface area contributed by atoms with Gasteiger partial charge in [0.15, 0.2) is 5.78 Å². The van der Waals surface area contributed by atoms with E-state index in [-0.39, 0.29) is 70.0 Å². The van der Waals surface area contributed by atoms with Crippen molar-refractivity contribution >= 4 is 29.5 Å². The molecular weight excluding hydrogens is 442 g/mol. The number of carboxylic acid groups (broad SMARTS) is 1. The zero-order valence-electron chi connectivity index (χ0n) is 19.2. The van der Waals surface area contributed by atoms with Crippen molar-refractivity contribution in [2.24, 2.45) is 0 Å². The first-order valence-electron chi connectivity index (χ1n) is 10.6. The molecule has 13 heteroatoms. The van der Waals surface area contributed by atoms with E-state index in [2.05, 4.69) is 16.0 Å². The first-order chi connectivity index (χ1) is 15.7. The SMILES string of the molecule is CC(=O)COCCOCCNC(=O)COCCOCCNC(=O)CC[C@H](NC(C)=O)C(=O)O. The fourth-order valence-corrected chi connectivity index (χ4v) is 2.26. The van der Waals surface area contributed by atoms with Crippen LogP contribution in [-0.2, 0) is 42.9 Å². The maximum Gasteiger partial charge on any atom is 0.326 e. The second-order valence-corrected chi connectivity index (χ2v) is 6.86. The number of Topliss-reactive ketones (excluding diaryl/α,β-unsaturated/α-hetero) is 1. The lowest BCUT2D eigenvalue weighted by Gasteiger charge is -2.13. The normalized spacial score (nSPS) is 11.5. The number of nitrogens with one attached hydrogen (secondary N) is 3. The third-order valence-corrected chi connectivity index (χ3v) is 3.76. The molecule has 0 radical (unpaired) electrons. The van der Waals surface area contributed by atoms with Crippen LogP contribution in [0.5, 0.6) is 0 Å². The van der Waals surface area contributed by atoms with Gasteiger partial charge in [-0.2, -0.15) is 0 Å². The summed E-state index contributed by atoms with van der Waals surface area (Å²) in [5.74, 6) is -2.37. The van der Waals surface area contributed by atoms with E-state index < -0.39 is 17.9 Å². The van der Waals surface area contributed by atoms with E-state index in [4.69, 9.17) is 24.1 Å². The highest BCUT2D eigenvalue weighted by atomic mass is 16.5. The molecule has 1 atom stereocenters. The molecule has 33 heavy (non-hydrogen) atoms. The lowest BCUT2D eigenvalue weighted by molar-refractivity contribution is -0.142. The first kappa shape index (κ1) is 30.4.